The van der Waals surface area contributed by atoms with Gasteiger partial charge < -0.3 is 10.2 Å². The number of hydrogen-bond donors (Lipinski definition) is 1. The minimum atomic E-state index is 0.724. The molecule has 0 aromatic carbocycles. The average Bonchev–Trinajstić information content (AvgIpc) is 3.09. The lowest BCUT2D eigenvalue weighted by Gasteiger charge is -2.15. The molecule has 1 saturated heterocycles. The molecule has 3 heterocycles. The summed E-state index contributed by atoms with van der Waals surface area (Å²) in [5.41, 5.74) is 0.821. The van der Waals surface area contributed by atoms with Crippen LogP contribution in [0.3, 0.4) is 0 Å². The van der Waals surface area contributed by atoms with Crippen molar-refractivity contribution in [2.45, 2.75) is 32.2 Å². The molecule has 2 aromatic heterocycles. The Bertz CT molecular complexity index is 617. The summed E-state index contributed by atoms with van der Waals surface area (Å²) in [5.74, 6) is 2.46. The average molecular weight is 272 g/mol. The van der Waals surface area contributed by atoms with Crippen LogP contribution >= 0.6 is 0 Å². The van der Waals surface area contributed by atoms with Crippen molar-refractivity contribution >= 4 is 11.5 Å². The van der Waals surface area contributed by atoms with Gasteiger partial charge >= 0.3 is 0 Å². The number of anilines is 1. The van der Waals surface area contributed by atoms with Gasteiger partial charge in [-0.25, -0.2) is 4.98 Å². The quantitative estimate of drug-likeness (QED) is 0.910. The van der Waals surface area contributed by atoms with Crippen molar-refractivity contribution in [3.05, 3.63) is 18.2 Å². The van der Waals surface area contributed by atoms with Gasteiger partial charge in [0.25, 0.3) is 0 Å². The monoisotopic (exact) mass is 272 g/mol. The molecule has 1 aliphatic carbocycles. The third-order valence-corrected chi connectivity index (χ3v) is 4.44. The van der Waals surface area contributed by atoms with Crippen molar-refractivity contribution in [2.24, 2.45) is 5.92 Å². The van der Waals surface area contributed by atoms with Gasteiger partial charge in [0, 0.05) is 31.5 Å². The highest BCUT2D eigenvalue weighted by atomic mass is 15.3. The van der Waals surface area contributed by atoms with E-state index in [4.69, 9.17) is 0 Å². The summed E-state index contributed by atoms with van der Waals surface area (Å²) in [5, 5.41) is 11.8. The van der Waals surface area contributed by atoms with E-state index < -0.39 is 0 Å². The zero-order valence-electron chi connectivity index (χ0n) is 11.8. The lowest BCUT2D eigenvalue weighted by Crippen LogP contribution is -2.25. The Balaban J connectivity index is 1.43. The van der Waals surface area contributed by atoms with E-state index in [2.05, 4.69) is 25.4 Å². The van der Waals surface area contributed by atoms with Gasteiger partial charge in [-0.15, -0.1) is 10.2 Å². The summed E-state index contributed by atoms with van der Waals surface area (Å²) >= 11 is 0. The highest BCUT2D eigenvalue weighted by Gasteiger charge is 2.34. The fourth-order valence-corrected chi connectivity index (χ4v) is 3.11. The first-order valence-corrected chi connectivity index (χ1v) is 7.45. The molecule has 1 atom stereocenters. The van der Waals surface area contributed by atoms with Crippen molar-refractivity contribution in [2.75, 3.05) is 25.0 Å². The number of aromatic nitrogens is 4. The van der Waals surface area contributed by atoms with Crippen LogP contribution in [0, 0.1) is 12.8 Å². The van der Waals surface area contributed by atoms with E-state index in [1.165, 1.54) is 32.4 Å². The molecule has 106 valence electrons. The van der Waals surface area contributed by atoms with Crippen molar-refractivity contribution in [1.29, 1.82) is 0 Å². The van der Waals surface area contributed by atoms with E-state index in [9.17, 15) is 0 Å². The van der Waals surface area contributed by atoms with E-state index in [0.29, 0.717) is 0 Å². The molecule has 1 unspecified atom stereocenters. The number of hydrogen-bond acceptors (Lipinski definition) is 5. The van der Waals surface area contributed by atoms with Crippen LogP contribution in [0.25, 0.3) is 5.65 Å². The standard InChI is InChI=1S/C14H20N6/c1-10-17-18-14-13(15-5-7-20(10)14)16-8-11-4-6-19(9-11)12-2-3-12/h5,7,11-12H,2-4,6,8-9H2,1H3,(H,15,16). The van der Waals surface area contributed by atoms with Gasteiger partial charge in [0.1, 0.15) is 5.82 Å². The van der Waals surface area contributed by atoms with Gasteiger partial charge in [-0.1, -0.05) is 0 Å². The minimum Gasteiger partial charge on any atom is -0.367 e. The predicted molar refractivity (Wildman–Crippen MR) is 76.7 cm³/mol. The van der Waals surface area contributed by atoms with E-state index in [1.807, 2.05) is 17.5 Å². The number of nitrogens with zero attached hydrogens (tertiary/aromatic N) is 5. The van der Waals surface area contributed by atoms with Crippen LogP contribution in [0.2, 0.25) is 0 Å². The Hall–Kier alpha value is -1.69. The van der Waals surface area contributed by atoms with Gasteiger partial charge in [0.15, 0.2) is 5.82 Å². The molecule has 0 bridgehead atoms. The maximum atomic E-state index is 4.40. The number of aryl methyl sites for hydroxylation is 1. The zero-order chi connectivity index (χ0) is 13.5. The molecule has 20 heavy (non-hydrogen) atoms. The SMILES string of the molecule is Cc1nnc2c(NCC3CCN(C4CC4)C3)nccn12. The molecule has 1 saturated carbocycles. The first-order chi connectivity index (χ1) is 9.81. The summed E-state index contributed by atoms with van der Waals surface area (Å²) in [6.07, 6.45) is 7.80. The third-order valence-electron chi connectivity index (χ3n) is 4.44. The molecule has 0 radical (unpaired) electrons. The summed E-state index contributed by atoms with van der Waals surface area (Å²) in [7, 11) is 0. The molecule has 0 amide bonds. The summed E-state index contributed by atoms with van der Waals surface area (Å²) in [6.45, 7) is 5.42. The van der Waals surface area contributed by atoms with Crippen LogP contribution in [-0.4, -0.2) is 50.2 Å². The molecular weight excluding hydrogens is 252 g/mol. The van der Waals surface area contributed by atoms with E-state index in [1.54, 1.807) is 6.20 Å². The Labute approximate surface area is 118 Å². The Kier molecular flexibility index (Phi) is 2.84. The summed E-state index contributed by atoms with van der Waals surface area (Å²) < 4.78 is 1.97. The van der Waals surface area contributed by atoms with Crippen molar-refractivity contribution in [1.82, 2.24) is 24.5 Å². The van der Waals surface area contributed by atoms with Crippen molar-refractivity contribution < 1.29 is 0 Å². The van der Waals surface area contributed by atoms with Gasteiger partial charge in [0.2, 0.25) is 5.65 Å². The second-order valence-electron chi connectivity index (χ2n) is 5.98. The van der Waals surface area contributed by atoms with Crippen LogP contribution in [0.15, 0.2) is 12.4 Å². The predicted octanol–water partition coefficient (Wildman–Crippen LogP) is 1.33. The topological polar surface area (TPSA) is 58.4 Å². The number of fused-ring (bicyclic) bond motifs is 1. The normalized spacial score (nSPS) is 23.6. The molecule has 4 rings (SSSR count). The molecule has 2 fully saturated rings. The van der Waals surface area contributed by atoms with Gasteiger partial charge in [-0.2, -0.15) is 0 Å². The number of nitrogens with one attached hydrogen (secondary N) is 1. The third kappa shape index (κ3) is 2.14. The fourth-order valence-electron chi connectivity index (χ4n) is 3.11. The summed E-state index contributed by atoms with van der Waals surface area (Å²) in [6, 6.07) is 0.890. The molecule has 1 N–H and O–H groups in total. The van der Waals surface area contributed by atoms with E-state index in [0.717, 1.165) is 35.8 Å². The second-order valence-corrected chi connectivity index (χ2v) is 5.98. The maximum Gasteiger partial charge on any atom is 0.203 e. The molecule has 6 nitrogen and oxygen atoms in total. The van der Waals surface area contributed by atoms with Gasteiger partial charge in [-0.3, -0.25) is 4.40 Å². The van der Waals surface area contributed by atoms with Crippen molar-refractivity contribution in [3.8, 4) is 0 Å². The number of rotatable bonds is 4. The lowest BCUT2D eigenvalue weighted by atomic mass is 10.1. The maximum absolute atomic E-state index is 4.40. The highest BCUT2D eigenvalue weighted by molar-refractivity contribution is 5.61. The van der Waals surface area contributed by atoms with Gasteiger partial charge in [-0.05, 0) is 38.6 Å². The van der Waals surface area contributed by atoms with Crippen LogP contribution in [0.5, 0.6) is 0 Å². The molecule has 6 heteroatoms. The zero-order valence-corrected chi connectivity index (χ0v) is 11.8. The molecule has 2 aromatic rings. The Morgan fingerprint density at radius 1 is 1.30 bits per heavy atom. The summed E-state index contributed by atoms with van der Waals surface area (Å²) in [4.78, 5) is 7.04. The van der Waals surface area contributed by atoms with Crippen molar-refractivity contribution in [3.63, 3.8) is 0 Å². The molecule has 2 aliphatic rings. The first-order valence-electron chi connectivity index (χ1n) is 7.45. The van der Waals surface area contributed by atoms with E-state index >= 15 is 0 Å². The van der Waals surface area contributed by atoms with Crippen LogP contribution in [0.1, 0.15) is 25.1 Å². The van der Waals surface area contributed by atoms with E-state index in [-0.39, 0.29) is 0 Å². The van der Waals surface area contributed by atoms with Crippen LogP contribution in [-0.2, 0) is 0 Å². The highest BCUT2D eigenvalue weighted by Crippen LogP contribution is 2.31. The van der Waals surface area contributed by atoms with Crippen LogP contribution in [0.4, 0.5) is 5.82 Å². The van der Waals surface area contributed by atoms with Gasteiger partial charge in [0.05, 0.1) is 0 Å². The number of likely N-dealkylation sites (tertiary alicyclic amines) is 1. The van der Waals surface area contributed by atoms with Crippen LogP contribution < -0.4 is 5.32 Å². The molecule has 0 spiro atoms. The second kappa shape index (κ2) is 4.70. The Morgan fingerprint density at radius 3 is 3.05 bits per heavy atom. The lowest BCUT2D eigenvalue weighted by molar-refractivity contribution is 0.316. The fraction of sp³-hybridized carbons (Fsp3) is 0.643. The Morgan fingerprint density at radius 2 is 2.20 bits per heavy atom. The minimum absolute atomic E-state index is 0.724. The largest absolute Gasteiger partial charge is 0.367 e. The first kappa shape index (κ1) is 12.1. The molecular formula is C14H20N6. The molecule has 1 aliphatic heterocycles. The smallest absolute Gasteiger partial charge is 0.203 e.